The number of nitrogens with zero attached hydrogens (tertiary/aromatic N) is 2. The standard InChI is InChI=1S/C24H17Cl2N3O5/c1-33-23-10-15(5-8-22(23)34-14-16-6-7-18(25)11-21(16)26)9-17(13-27)24(30)28-19-3-2-4-20(12-19)29(31)32/h2-12H,14H2,1H3,(H,28,30)/b17-9+. The summed E-state index contributed by atoms with van der Waals surface area (Å²) in [6, 6.07) is 17.2. The molecule has 0 saturated heterocycles. The fraction of sp³-hybridized carbons (Fsp3) is 0.0833. The summed E-state index contributed by atoms with van der Waals surface area (Å²) in [7, 11) is 1.46. The highest BCUT2D eigenvalue weighted by atomic mass is 35.5. The molecule has 1 amide bonds. The van der Waals surface area contributed by atoms with Crippen LogP contribution in [0.3, 0.4) is 0 Å². The van der Waals surface area contributed by atoms with Crippen molar-refractivity contribution in [2.75, 3.05) is 12.4 Å². The maximum absolute atomic E-state index is 12.5. The van der Waals surface area contributed by atoms with Gasteiger partial charge in [-0.25, -0.2) is 0 Å². The number of hydrogen-bond acceptors (Lipinski definition) is 6. The van der Waals surface area contributed by atoms with E-state index in [2.05, 4.69) is 5.32 Å². The molecule has 0 aliphatic heterocycles. The van der Waals surface area contributed by atoms with Crippen molar-refractivity contribution < 1.29 is 19.2 Å². The first-order chi connectivity index (χ1) is 16.3. The van der Waals surface area contributed by atoms with Crippen LogP contribution in [0.1, 0.15) is 11.1 Å². The Kier molecular flexibility index (Phi) is 8.09. The first kappa shape index (κ1) is 24.6. The molecule has 0 aromatic heterocycles. The van der Waals surface area contributed by atoms with E-state index in [0.29, 0.717) is 27.1 Å². The molecule has 0 aliphatic rings. The predicted octanol–water partition coefficient (Wildman–Crippen LogP) is 6.03. The molecule has 0 fully saturated rings. The summed E-state index contributed by atoms with van der Waals surface area (Å²) in [5.74, 6) is 0.111. The first-order valence-corrected chi connectivity index (χ1v) is 10.5. The molecular formula is C24H17Cl2N3O5. The zero-order chi connectivity index (χ0) is 24.7. The number of hydrogen-bond donors (Lipinski definition) is 1. The van der Waals surface area contributed by atoms with Crippen molar-refractivity contribution in [3.8, 4) is 17.6 Å². The van der Waals surface area contributed by atoms with Crippen molar-refractivity contribution >= 4 is 46.6 Å². The molecule has 0 spiro atoms. The molecular weight excluding hydrogens is 481 g/mol. The van der Waals surface area contributed by atoms with Crippen LogP contribution in [0, 0.1) is 21.4 Å². The normalized spacial score (nSPS) is 10.8. The number of methoxy groups -OCH3 is 1. The topological polar surface area (TPSA) is 114 Å². The zero-order valence-electron chi connectivity index (χ0n) is 17.7. The van der Waals surface area contributed by atoms with Gasteiger partial charge in [0.25, 0.3) is 11.6 Å². The number of rotatable bonds is 8. The maximum atomic E-state index is 12.5. The van der Waals surface area contributed by atoms with Gasteiger partial charge >= 0.3 is 0 Å². The van der Waals surface area contributed by atoms with E-state index >= 15 is 0 Å². The Bertz CT molecular complexity index is 1320. The third-order valence-electron chi connectivity index (χ3n) is 4.58. The van der Waals surface area contributed by atoms with Crippen LogP contribution < -0.4 is 14.8 Å². The molecule has 172 valence electrons. The van der Waals surface area contributed by atoms with Gasteiger partial charge in [0.2, 0.25) is 0 Å². The number of benzene rings is 3. The van der Waals surface area contributed by atoms with Gasteiger partial charge in [0.1, 0.15) is 18.2 Å². The van der Waals surface area contributed by atoms with Gasteiger partial charge in [0.15, 0.2) is 11.5 Å². The molecule has 0 atom stereocenters. The van der Waals surface area contributed by atoms with Gasteiger partial charge in [0, 0.05) is 33.4 Å². The molecule has 0 aliphatic carbocycles. The van der Waals surface area contributed by atoms with E-state index < -0.39 is 10.8 Å². The molecule has 0 saturated carbocycles. The van der Waals surface area contributed by atoms with E-state index in [1.165, 1.54) is 37.5 Å². The van der Waals surface area contributed by atoms with E-state index in [1.807, 2.05) is 6.07 Å². The van der Waals surface area contributed by atoms with Gasteiger partial charge in [-0.3, -0.25) is 14.9 Å². The number of amides is 1. The summed E-state index contributed by atoms with van der Waals surface area (Å²) in [4.78, 5) is 22.9. The Balaban J connectivity index is 1.76. The molecule has 3 aromatic carbocycles. The zero-order valence-corrected chi connectivity index (χ0v) is 19.3. The van der Waals surface area contributed by atoms with Crippen molar-refractivity contribution in [2.45, 2.75) is 6.61 Å². The second kappa shape index (κ2) is 11.2. The number of nitriles is 1. The molecule has 0 radical (unpaired) electrons. The van der Waals surface area contributed by atoms with Crippen LogP contribution >= 0.6 is 23.2 Å². The summed E-state index contributed by atoms with van der Waals surface area (Å²) in [6.07, 6.45) is 1.37. The minimum Gasteiger partial charge on any atom is -0.493 e. The molecule has 1 N–H and O–H groups in total. The number of anilines is 1. The highest BCUT2D eigenvalue weighted by molar-refractivity contribution is 6.35. The van der Waals surface area contributed by atoms with Crippen LogP contribution in [-0.2, 0) is 11.4 Å². The van der Waals surface area contributed by atoms with Gasteiger partial charge in [0.05, 0.1) is 12.0 Å². The van der Waals surface area contributed by atoms with Crippen molar-refractivity contribution in [3.63, 3.8) is 0 Å². The number of carbonyl (C=O) groups excluding carboxylic acids is 1. The third-order valence-corrected chi connectivity index (χ3v) is 5.16. The lowest BCUT2D eigenvalue weighted by molar-refractivity contribution is -0.384. The van der Waals surface area contributed by atoms with Crippen LogP contribution in [0.5, 0.6) is 11.5 Å². The summed E-state index contributed by atoms with van der Waals surface area (Å²) < 4.78 is 11.2. The minimum absolute atomic E-state index is 0.177. The van der Waals surface area contributed by atoms with E-state index in [-0.39, 0.29) is 23.6 Å². The van der Waals surface area contributed by atoms with Gasteiger partial charge in [-0.15, -0.1) is 0 Å². The number of ether oxygens (including phenoxy) is 2. The first-order valence-electron chi connectivity index (χ1n) is 9.73. The van der Waals surface area contributed by atoms with E-state index in [1.54, 1.807) is 36.4 Å². The molecule has 3 aromatic rings. The molecule has 8 nitrogen and oxygen atoms in total. The molecule has 3 rings (SSSR count). The summed E-state index contributed by atoms with van der Waals surface area (Å²) in [6.45, 7) is 0.177. The van der Waals surface area contributed by atoms with Crippen molar-refractivity contribution in [1.82, 2.24) is 0 Å². The number of carbonyl (C=O) groups is 1. The smallest absolute Gasteiger partial charge is 0.271 e. The number of non-ortho nitro benzene ring substituents is 1. The monoisotopic (exact) mass is 497 g/mol. The van der Waals surface area contributed by atoms with Crippen LogP contribution in [-0.4, -0.2) is 17.9 Å². The van der Waals surface area contributed by atoms with Crippen LogP contribution in [0.25, 0.3) is 6.08 Å². The van der Waals surface area contributed by atoms with E-state index in [4.69, 9.17) is 32.7 Å². The van der Waals surface area contributed by atoms with Crippen molar-refractivity contribution in [2.24, 2.45) is 0 Å². The number of nitrogens with one attached hydrogen (secondary N) is 1. The van der Waals surface area contributed by atoms with Gasteiger partial charge in [-0.2, -0.15) is 5.26 Å². The Morgan fingerprint density at radius 2 is 1.94 bits per heavy atom. The quantitative estimate of drug-likeness (QED) is 0.175. The second-order valence-electron chi connectivity index (χ2n) is 6.87. The Morgan fingerprint density at radius 1 is 1.15 bits per heavy atom. The van der Waals surface area contributed by atoms with Gasteiger partial charge in [-0.1, -0.05) is 41.4 Å². The average Bonchev–Trinajstić information content (AvgIpc) is 2.82. The lowest BCUT2D eigenvalue weighted by Gasteiger charge is -2.12. The van der Waals surface area contributed by atoms with Gasteiger partial charge in [-0.05, 0) is 42.0 Å². The maximum Gasteiger partial charge on any atom is 0.271 e. The van der Waals surface area contributed by atoms with E-state index in [9.17, 15) is 20.2 Å². The lowest BCUT2D eigenvalue weighted by atomic mass is 10.1. The van der Waals surface area contributed by atoms with E-state index in [0.717, 1.165) is 5.56 Å². The Hall–Kier alpha value is -4.06. The lowest BCUT2D eigenvalue weighted by Crippen LogP contribution is -2.13. The highest BCUT2D eigenvalue weighted by Crippen LogP contribution is 2.31. The summed E-state index contributed by atoms with van der Waals surface area (Å²) >= 11 is 12.1. The summed E-state index contributed by atoms with van der Waals surface area (Å²) in [5.41, 5.74) is 1.07. The van der Waals surface area contributed by atoms with Crippen molar-refractivity contribution in [3.05, 3.63) is 97.5 Å². The summed E-state index contributed by atoms with van der Waals surface area (Å²) in [5, 5.41) is 23.8. The van der Waals surface area contributed by atoms with Crippen molar-refractivity contribution in [1.29, 1.82) is 5.26 Å². The second-order valence-corrected chi connectivity index (χ2v) is 7.71. The predicted molar refractivity (Wildman–Crippen MR) is 129 cm³/mol. The molecule has 0 bridgehead atoms. The van der Waals surface area contributed by atoms with Gasteiger partial charge < -0.3 is 14.8 Å². The molecule has 34 heavy (non-hydrogen) atoms. The number of halogens is 2. The molecule has 10 heteroatoms. The fourth-order valence-electron chi connectivity index (χ4n) is 2.90. The average molecular weight is 498 g/mol. The largest absolute Gasteiger partial charge is 0.493 e. The number of nitro groups is 1. The number of nitro benzene ring substituents is 1. The minimum atomic E-state index is -0.709. The van der Waals surface area contributed by atoms with Crippen LogP contribution in [0.15, 0.2) is 66.2 Å². The molecule has 0 unspecified atom stereocenters. The Labute approximate surface area is 205 Å². The molecule has 0 heterocycles. The Morgan fingerprint density at radius 3 is 2.62 bits per heavy atom. The SMILES string of the molecule is COc1cc(/C=C(\C#N)C(=O)Nc2cccc([N+](=O)[O-])c2)ccc1OCc1ccc(Cl)cc1Cl. The van der Waals surface area contributed by atoms with Crippen LogP contribution in [0.2, 0.25) is 10.0 Å². The fourth-order valence-corrected chi connectivity index (χ4v) is 3.36. The third kappa shape index (κ3) is 6.25. The highest BCUT2D eigenvalue weighted by Gasteiger charge is 2.13. The van der Waals surface area contributed by atoms with Crippen LogP contribution in [0.4, 0.5) is 11.4 Å².